The van der Waals surface area contributed by atoms with Gasteiger partial charge in [-0.2, -0.15) is 0 Å². The SMILES string of the molecule is CCC(Cc1ccc(OC)cc1Cl)C(=O)O. The fourth-order valence-corrected chi connectivity index (χ4v) is 1.74. The highest BCUT2D eigenvalue weighted by Gasteiger charge is 2.17. The minimum atomic E-state index is -0.783. The van der Waals surface area contributed by atoms with E-state index in [4.69, 9.17) is 21.4 Å². The highest BCUT2D eigenvalue weighted by molar-refractivity contribution is 6.31. The highest BCUT2D eigenvalue weighted by atomic mass is 35.5. The van der Waals surface area contributed by atoms with E-state index >= 15 is 0 Å². The number of hydrogen-bond donors (Lipinski definition) is 1. The summed E-state index contributed by atoms with van der Waals surface area (Å²) in [5.74, 6) is -0.489. The van der Waals surface area contributed by atoms with Gasteiger partial charge in [0.05, 0.1) is 13.0 Å². The smallest absolute Gasteiger partial charge is 0.306 e. The molecule has 0 fully saturated rings. The number of carboxylic acids is 1. The van der Waals surface area contributed by atoms with Crippen molar-refractivity contribution in [3.05, 3.63) is 28.8 Å². The molecule has 0 saturated carbocycles. The monoisotopic (exact) mass is 242 g/mol. The topological polar surface area (TPSA) is 46.5 Å². The Kier molecular flexibility index (Phi) is 4.62. The number of ether oxygens (including phenoxy) is 1. The van der Waals surface area contributed by atoms with Crippen molar-refractivity contribution in [1.29, 1.82) is 0 Å². The van der Waals surface area contributed by atoms with Gasteiger partial charge in [0.1, 0.15) is 5.75 Å². The third-order valence-corrected chi connectivity index (χ3v) is 2.92. The zero-order valence-electron chi connectivity index (χ0n) is 9.37. The van der Waals surface area contributed by atoms with Crippen LogP contribution in [0.5, 0.6) is 5.75 Å². The van der Waals surface area contributed by atoms with Crippen molar-refractivity contribution < 1.29 is 14.6 Å². The lowest BCUT2D eigenvalue weighted by Gasteiger charge is -2.11. The van der Waals surface area contributed by atoms with Gasteiger partial charge in [-0.15, -0.1) is 0 Å². The molecule has 1 rings (SSSR count). The number of benzene rings is 1. The summed E-state index contributed by atoms with van der Waals surface area (Å²) in [7, 11) is 1.57. The molecule has 0 radical (unpaired) electrons. The minimum Gasteiger partial charge on any atom is -0.497 e. The number of carbonyl (C=O) groups is 1. The summed E-state index contributed by atoms with van der Waals surface area (Å²) in [5, 5.41) is 9.51. The predicted molar refractivity (Wildman–Crippen MR) is 63.1 cm³/mol. The molecule has 0 aliphatic carbocycles. The molecule has 0 aliphatic rings. The zero-order chi connectivity index (χ0) is 12.1. The lowest BCUT2D eigenvalue weighted by Crippen LogP contribution is -2.15. The molecule has 1 aromatic carbocycles. The normalized spacial score (nSPS) is 12.2. The molecule has 1 unspecified atom stereocenters. The average Bonchev–Trinajstić information content (AvgIpc) is 2.26. The summed E-state index contributed by atoms with van der Waals surface area (Å²) in [6.07, 6.45) is 1.05. The first-order valence-electron chi connectivity index (χ1n) is 5.13. The van der Waals surface area contributed by atoms with Crippen LogP contribution in [0.3, 0.4) is 0 Å². The first-order valence-corrected chi connectivity index (χ1v) is 5.51. The standard InChI is InChI=1S/C12H15ClO3/c1-3-8(12(14)15)6-9-4-5-10(16-2)7-11(9)13/h4-5,7-8H,3,6H2,1-2H3,(H,14,15). The molecule has 0 heterocycles. The molecule has 1 aromatic rings. The van der Waals surface area contributed by atoms with Gasteiger partial charge in [-0.1, -0.05) is 24.6 Å². The van der Waals surface area contributed by atoms with Gasteiger partial charge in [-0.3, -0.25) is 4.79 Å². The average molecular weight is 243 g/mol. The Balaban J connectivity index is 2.84. The van der Waals surface area contributed by atoms with Gasteiger partial charge in [0.2, 0.25) is 0 Å². The van der Waals surface area contributed by atoms with Crippen LogP contribution in [0.2, 0.25) is 5.02 Å². The second-order valence-corrected chi connectivity index (χ2v) is 4.01. The van der Waals surface area contributed by atoms with Crippen molar-refractivity contribution in [2.45, 2.75) is 19.8 Å². The minimum absolute atomic E-state index is 0.383. The summed E-state index contributed by atoms with van der Waals surface area (Å²) in [4.78, 5) is 10.9. The van der Waals surface area contributed by atoms with Crippen molar-refractivity contribution in [3.8, 4) is 5.75 Å². The highest BCUT2D eigenvalue weighted by Crippen LogP contribution is 2.25. The Hall–Kier alpha value is -1.22. The first kappa shape index (κ1) is 12.8. The molecule has 0 spiro atoms. The van der Waals surface area contributed by atoms with E-state index in [1.165, 1.54) is 0 Å². The largest absolute Gasteiger partial charge is 0.497 e. The van der Waals surface area contributed by atoms with Crippen molar-refractivity contribution >= 4 is 17.6 Å². The molecule has 88 valence electrons. The molecule has 4 heteroatoms. The van der Waals surface area contributed by atoms with E-state index < -0.39 is 5.97 Å². The zero-order valence-corrected chi connectivity index (χ0v) is 10.1. The second-order valence-electron chi connectivity index (χ2n) is 3.60. The molecule has 1 atom stereocenters. The maximum atomic E-state index is 10.9. The van der Waals surface area contributed by atoms with Crippen LogP contribution in [0.15, 0.2) is 18.2 Å². The molecule has 1 N–H and O–H groups in total. The van der Waals surface area contributed by atoms with E-state index in [0.717, 1.165) is 5.56 Å². The van der Waals surface area contributed by atoms with E-state index in [1.54, 1.807) is 19.2 Å². The molecule has 0 aromatic heterocycles. The third-order valence-electron chi connectivity index (χ3n) is 2.57. The second kappa shape index (κ2) is 5.75. The number of aliphatic carboxylic acids is 1. The van der Waals surface area contributed by atoms with Gasteiger partial charge in [0.25, 0.3) is 0 Å². The van der Waals surface area contributed by atoms with Crippen LogP contribution in [0.4, 0.5) is 0 Å². The molecule has 16 heavy (non-hydrogen) atoms. The molecular formula is C12H15ClO3. The van der Waals surface area contributed by atoms with Crippen LogP contribution in [-0.2, 0) is 11.2 Å². The summed E-state index contributed by atoms with van der Waals surface area (Å²) in [5.41, 5.74) is 0.844. The Morgan fingerprint density at radius 2 is 2.25 bits per heavy atom. The number of hydrogen-bond acceptors (Lipinski definition) is 2. The molecular weight excluding hydrogens is 228 g/mol. The van der Waals surface area contributed by atoms with Gasteiger partial charge in [0, 0.05) is 5.02 Å². The lowest BCUT2D eigenvalue weighted by molar-refractivity contribution is -0.141. The fourth-order valence-electron chi connectivity index (χ4n) is 1.49. The summed E-state index contributed by atoms with van der Waals surface area (Å²) in [6.45, 7) is 1.86. The predicted octanol–water partition coefficient (Wildman–Crippen LogP) is 3.00. The third kappa shape index (κ3) is 3.14. The number of rotatable bonds is 5. The molecule has 0 bridgehead atoms. The molecule has 0 saturated heterocycles. The Labute approximate surface area is 100.0 Å². The van der Waals surface area contributed by atoms with E-state index in [-0.39, 0.29) is 5.92 Å². The summed E-state index contributed by atoms with van der Waals surface area (Å²) >= 11 is 6.04. The van der Waals surface area contributed by atoms with E-state index in [1.807, 2.05) is 13.0 Å². The van der Waals surface area contributed by atoms with Crippen LogP contribution in [-0.4, -0.2) is 18.2 Å². The Morgan fingerprint density at radius 1 is 1.56 bits per heavy atom. The maximum absolute atomic E-state index is 10.9. The quantitative estimate of drug-likeness (QED) is 0.864. The van der Waals surface area contributed by atoms with Crippen molar-refractivity contribution in [2.75, 3.05) is 7.11 Å². The van der Waals surface area contributed by atoms with Crippen molar-refractivity contribution in [2.24, 2.45) is 5.92 Å². The van der Waals surface area contributed by atoms with Crippen LogP contribution in [0.1, 0.15) is 18.9 Å². The Bertz CT molecular complexity index is 377. The van der Waals surface area contributed by atoms with Gasteiger partial charge < -0.3 is 9.84 Å². The van der Waals surface area contributed by atoms with E-state index in [9.17, 15) is 4.79 Å². The fraction of sp³-hybridized carbons (Fsp3) is 0.417. The Morgan fingerprint density at radius 3 is 2.69 bits per heavy atom. The van der Waals surface area contributed by atoms with Gasteiger partial charge in [-0.25, -0.2) is 0 Å². The number of halogens is 1. The maximum Gasteiger partial charge on any atom is 0.306 e. The molecule has 3 nitrogen and oxygen atoms in total. The van der Waals surface area contributed by atoms with Crippen molar-refractivity contribution in [3.63, 3.8) is 0 Å². The van der Waals surface area contributed by atoms with Crippen molar-refractivity contribution in [1.82, 2.24) is 0 Å². The number of carboxylic acid groups (broad SMARTS) is 1. The number of methoxy groups -OCH3 is 1. The van der Waals surface area contributed by atoms with Gasteiger partial charge in [0.15, 0.2) is 0 Å². The van der Waals surface area contributed by atoms with Crippen LogP contribution in [0, 0.1) is 5.92 Å². The molecule has 0 aliphatic heterocycles. The first-order chi connectivity index (χ1) is 7.58. The van der Waals surface area contributed by atoms with Gasteiger partial charge in [-0.05, 0) is 30.5 Å². The summed E-state index contributed by atoms with van der Waals surface area (Å²) in [6, 6.07) is 5.30. The van der Waals surface area contributed by atoms with Gasteiger partial charge >= 0.3 is 5.97 Å². The lowest BCUT2D eigenvalue weighted by atomic mass is 9.97. The van der Waals surface area contributed by atoms with E-state index in [2.05, 4.69) is 0 Å². The van der Waals surface area contributed by atoms with Crippen LogP contribution < -0.4 is 4.74 Å². The van der Waals surface area contributed by atoms with E-state index in [0.29, 0.717) is 23.6 Å². The van der Waals surface area contributed by atoms with Crippen LogP contribution in [0.25, 0.3) is 0 Å². The molecule has 0 amide bonds. The summed E-state index contributed by atoms with van der Waals surface area (Å²) < 4.78 is 5.03. The van der Waals surface area contributed by atoms with Crippen LogP contribution >= 0.6 is 11.6 Å².